The first-order valence-corrected chi connectivity index (χ1v) is 9.24. The zero-order valence-corrected chi connectivity index (χ0v) is 16.1. The van der Waals surface area contributed by atoms with Crippen LogP contribution in [-0.4, -0.2) is 97.8 Å². The molecule has 9 nitrogen and oxygen atoms in total. The van der Waals surface area contributed by atoms with Crippen LogP contribution in [0.4, 0.5) is 0 Å². The van der Waals surface area contributed by atoms with Gasteiger partial charge in [0.25, 0.3) is 5.91 Å². The lowest BCUT2D eigenvalue weighted by Gasteiger charge is -2.30. The van der Waals surface area contributed by atoms with E-state index < -0.39 is 0 Å². The first-order chi connectivity index (χ1) is 13.1. The third-order valence-corrected chi connectivity index (χ3v) is 4.31. The molecular formula is C18H29N5O4. The Labute approximate surface area is 160 Å². The Bertz CT molecular complexity index is 590. The van der Waals surface area contributed by atoms with Gasteiger partial charge in [0, 0.05) is 59.0 Å². The normalized spacial score (nSPS) is 14.7. The molecule has 27 heavy (non-hydrogen) atoms. The molecule has 2 rings (SSSR count). The Morgan fingerprint density at radius 3 is 2.70 bits per heavy atom. The number of ether oxygens (including phenoxy) is 2. The first-order valence-electron chi connectivity index (χ1n) is 9.24. The summed E-state index contributed by atoms with van der Waals surface area (Å²) in [6, 6.07) is 0. The van der Waals surface area contributed by atoms with Crippen molar-refractivity contribution < 1.29 is 19.1 Å². The standard InChI is InChI=1S/C18H29N5O4/c1-15-13-21-16(14-20-15)18(25)23(5-3-17(24)19-4-10-26-2)7-6-22-8-11-27-12-9-22/h13-14H,3-12H2,1-2H3,(H,19,24). The summed E-state index contributed by atoms with van der Waals surface area (Å²) in [4.78, 5) is 37.1. The molecule has 1 aliphatic rings. The number of rotatable bonds is 10. The highest BCUT2D eigenvalue weighted by Crippen LogP contribution is 2.05. The minimum atomic E-state index is -0.208. The molecule has 0 bridgehead atoms. The van der Waals surface area contributed by atoms with Gasteiger partial charge in [-0.1, -0.05) is 0 Å². The van der Waals surface area contributed by atoms with Crippen molar-refractivity contribution in [1.82, 2.24) is 25.1 Å². The second kappa shape index (κ2) is 11.6. The average molecular weight is 379 g/mol. The third-order valence-electron chi connectivity index (χ3n) is 4.31. The summed E-state index contributed by atoms with van der Waals surface area (Å²) in [5.74, 6) is -0.313. The summed E-state index contributed by atoms with van der Waals surface area (Å²) < 4.78 is 10.3. The van der Waals surface area contributed by atoms with Gasteiger partial charge in [-0.15, -0.1) is 0 Å². The number of aromatic nitrogens is 2. The van der Waals surface area contributed by atoms with Crippen LogP contribution in [0.25, 0.3) is 0 Å². The number of morpholine rings is 1. The Morgan fingerprint density at radius 2 is 2.04 bits per heavy atom. The molecule has 1 aromatic heterocycles. The largest absolute Gasteiger partial charge is 0.383 e. The fourth-order valence-electron chi connectivity index (χ4n) is 2.68. The minimum Gasteiger partial charge on any atom is -0.383 e. The average Bonchev–Trinajstić information content (AvgIpc) is 2.69. The maximum atomic E-state index is 12.8. The quantitative estimate of drug-likeness (QED) is 0.558. The smallest absolute Gasteiger partial charge is 0.274 e. The van der Waals surface area contributed by atoms with Crippen LogP contribution in [0.2, 0.25) is 0 Å². The van der Waals surface area contributed by atoms with Gasteiger partial charge in [-0.05, 0) is 6.92 Å². The summed E-state index contributed by atoms with van der Waals surface area (Å²) in [6.45, 7) is 7.45. The van der Waals surface area contributed by atoms with E-state index in [9.17, 15) is 9.59 Å². The molecule has 0 aliphatic carbocycles. The predicted molar refractivity (Wildman–Crippen MR) is 99.4 cm³/mol. The zero-order valence-electron chi connectivity index (χ0n) is 16.1. The monoisotopic (exact) mass is 379 g/mol. The molecule has 2 heterocycles. The second-order valence-electron chi connectivity index (χ2n) is 6.38. The van der Waals surface area contributed by atoms with Crippen molar-refractivity contribution in [3.8, 4) is 0 Å². The molecular weight excluding hydrogens is 350 g/mol. The molecule has 9 heteroatoms. The van der Waals surface area contributed by atoms with Gasteiger partial charge in [-0.3, -0.25) is 19.5 Å². The molecule has 0 radical (unpaired) electrons. The van der Waals surface area contributed by atoms with Crippen molar-refractivity contribution in [3.63, 3.8) is 0 Å². The molecule has 1 saturated heterocycles. The number of carbonyl (C=O) groups is 2. The van der Waals surface area contributed by atoms with Gasteiger partial charge in [0.2, 0.25) is 5.91 Å². The second-order valence-corrected chi connectivity index (χ2v) is 6.38. The maximum Gasteiger partial charge on any atom is 0.274 e. The van der Waals surface area contributed by atoms with E-state index in [0.29, 0.717) is 45.1 Å². The van der Waals surface area contributed by atoms with E-state index in [2.05, 4.69) is 20.2 Å². The lowest BCUT2D eigenvalue weighted by atomic mass is 10.3. The van der Waals surface area contributed by atoms with Crippen molar-refractivity contribution in [2.75, 3.05) is 66.2 Å². The van der Waals surface area contributed by atoms with Crippen molar-refractivity contribution in [3.05, 3.63) is 23.8 Å². The molecule has 0 spiro atoms. The topological polar surface area (TPSA) is 96.9 Å². The number of nitrogens with one attached hydrogen (secondary N) is 1. The van der Waals surface area contributed by atoms with Crippen LogP contribution >= 0.6 is 0 Å². The Balaban J connectivity index is 1.92. The molecule has 2 amide bonds. The summed E-state index contributed by atoms with van der Waals surface area (Å²) in [5, 5.41) is 2.77. The molecule has 1 aromatic rings. The summed E-state index contributed by atoms with van der Waals surface area (Å²) in [6.07, 6.45) is 3.29. The van der Waals surface area contributed by atoms with Crippen molar-refractivity contribution >= 4 is 11.8 Å². The van der Waals surface area contributed by atoms with Crippen LogP contribution in [-0.2, 0) is 14.3 Å². The van der Waals surface area contributed by atoms with Gasteiger partial charge in [-0.2, -0.15) is 0 Å². The van der Waals surface area contributed by atoms with Crippen LogP contribution < -0.4 is 5.32 Å². The summed E-state index contributed by atoms with van der Waals surface area (Å²) in [7, 11) is 1.58. The van der Waals surface area contributed by atoms with E-state index in [0.717, 1.165) is 25.3 Å². The lowest BCUT2D eigenvalue weighted by Crippen LogP contribution is -2.44. The molecule has 1 fully saturated rings. The molecule has 1 aliphatic heterocycles. The van der Waals surface area contributed by atoms with Crippen molar-refractivity contribution in [2.24, 2.45) is 0 Å². The van der Waals surface area contributed by atoms with E-state index in [1.54, 1.807) is 18.2 Å². The van der Waals surface area contributed by atoms with Crippen LogP contribution in [0.1, 0.15) is 22.6 Å². The Hall–Kier alpha value is -2.10. The summed E-state index contributed by atoms with van der Waals surface area (Å²) in [5.41, 5.74) is 1.05. The SMILES string of the molecule is COCCNC(=O)CCN(CCN1CCOCC1)C(=O)c1cnc(C)cn1. The Kier molecular flexibility index (Phi) is 9.09. The highest BCUT2D eigenvalue weighted by molar-refractivity contribution is 5.92. The fourth-order valence-corrected chi connectivity index (χ4v) is 2.68. The van der Waals surface area contributed by atoms with E-state index in [-0.39, 0.29) is 18.2 Å². The molecule has 0 atom stereocenters. The van der Waals surface area contributed by atoms with Crippen LogP contribution in [0, 0.1) is 6.92 Å². The van der Waals surface area contributed by atoms with Gasteiger partial charge in [-0.25, -0.2) is 4.98 Å². The van der Waals surface area contributed by atoms with E-state index in [1.165, 1.54) is 6.20 Å². The number of carbonyl (C=O) groups excluding carboxylic acids is 2. The molecule has 0 unspecified atom stereocenters. The van der Waals surface area contributed by atoms with Gasteiger partial charge in [0.05, 0.1) is 31.7 Å². The van der Waals surface area contributed by atoms with Crippen molar-refractivity contribution in [1.29, 1.82) is 0 Å². The van der Waals surface area contributed by atoms with Crippen LogP contribution in [0.15, 0.2) is 12.4 Å². The zero-order chi connectivity index (χ0) is 19.5. The number of hydrogen-bond acceptors (Lipinski definition) is 7. The van der Waals surface area contributed by atoms with E-state index in [4.69, 9.17) is 9.47 Å². The predicted octanol–water partition coefficient (Wildman–Crippen LogP) is -0.288. The highest BCUT2D eigenvalue weighted by Gasteiger charge is 2.20. The highest BCUT2D eigenvalue weighted by atomic mass is 16.5. The number of methoxy groups -OCH3 is 1. The van der Waals surface area contributed by atoms with Gasteiger partial charge in [0.1, 0.15) is 5.69 Å². The van der Waals surface area contributed by atoms with Gasteiger partial charge < -0.3 is 19.7 Å². The lowest BCUT2D eigenvalue weighted by molar-refractivity contribution is -0.121. The maximum absolute atomic E-state index is 12.8. The first kappa shape index (κ1) is 21.2. The van der Waals surface area contributed by atoms with E-state index >= 15 is 0 Å². The number of nitrogens with zero attached hydrogens (tertiary/aromatic N) is 4. The number of amides is 2. The molecule has 0 saturated carbocycles. The number of hydrogen-bond donors (Lipinski definition) is 1. The summed E-state index contributed by atoms with van der Waals surface area (Å²) >= 11 is 0. The van der Waals surface area contributed by atoms with Crippen molar-refractivity contribution in [2.45, 2.75) is 13.3 Å². The van der Waals surface area contributed by atoms with Crippen LogP contribution in [0.5, 0.6) is 0 Å². The fraction of sp³-hybridized carbons (Fsp3) is 0.667. The molecule has 1 N–H and O–H groups in total. The molecule has 0 aromatic carbocycles. The number of aryl methyl sites for hydroxylation is 1. The minimum absolute atomic E-state index is 0.105. The van der Waals surface area contributed by atoms with Gasteiger partial charge >= 0.3 is 0 Å². The van der Waals surface area contributed by atoms with Crippen LogP contribution in [0.3, 0.4) is 0 Å². The third kappa shape index (κ3) is 7.58. The molecule has 150 valence electrons. The Morgan fingerprint density at radius 1 is 1.26 bits per heavy atom. The van der Waals surface area contributed by atoms with Gasteiger partial charge in [0.15, 0.2) is 0 Å². The van der Waals surface area contributed by atoms with E-state index in [1.807, 2.05) is 6.92 Å².